The van der Waals surface area contributed by atoms with Crippen molar-refractivity contribution in [3.63, 3.8) is 0 Å². The number of hydrogen-bond donors (Lipinski definition) is 0. The van der Waals surface area contributed by atoms with Crippen LogP contribution in [0.15, 0.2) is 36.4 Å². The molecular formula is C12H13FO2. The fourth-order valence-electron chi connectivity index (χ4n) is 1.15. The van der Waals surface area contributed by atoms with Gasteiger partial charge in [0.05, 0.1) is 7.11 Å². The Morgan fingerprint density at radius 3 is 2.67 bits per heavy atom. The Balaban J connectivity index is 2.35. The van der Waals surface area contributed by atoms with Crippen LogP contribution in [0.3, 0.4) is 0 Å². The number of ether oxygens (including phenoxy) is 1. The van der Waals surface area contributed by atoms with Crippen molar-refractivity contribution in [1.82, 2.24) is 0 Å². The minimum atomic E-state index is -0.353. The van der Waals surface area contributed by atoms with E-state index in [2.05, 4.69) is 4.74 Å². The lowest BCUT2D eigenvalue weighted by Gasteiger charge is -1.97. The maximum Gasteiger partial charge on any atom is 0.330 e. The van der Waals surface area contributed by atoms with E-state index in [1.54, 1.807) is 18.2 Å². The van der Waals surface area contributed by atoms with Gasteiger partial charge in [0.25, 0.3) is 0 Å². The first kappa shape index (κ1) is 11.4. The Hall–Kier alpha value is -1.64. The molecule has 0 atom stereocenters. The fourth-order valence-corrected chi connectivity index (χ4v) is 1.15. The largest absolute Gasteiger partial charge is 0.466 e. The molecule has 2 nitrogen and oxygen atoms in total. The number of hydrogen-bond acceptors (Lipinski definition) is 2. The van der Waals surface area contributed by atoms with Crippen molar-refractivity contribution in [3.05, 3.63) is 47.8 Å². The van der Waals surface area contributed by atoms with Crippen molar-refractivity contribution in [2.75, 3.05) is 7.11 Å². The van der Waals surface area contributed by atoms with Crippen molar-refractivity contribution in [1.29, 1.82) is 0 Å². The average molecular weight is 208 g/mol. The van der Waals surface area contributed by atoms with Crippen LogP contribution in [0.2, 0.25) is 0 Å². The molecule has 15 heavy (non-hydrogen) atoms. The summed E-state index contributed by atoms with van der Waals surface area (Å²) < 4.78 is 17.0. The normalized spacial score (nSPS) is 10.5. The molecule has 0 spiro atoms. The predicted octanol–water partition coefficient (Wildman–Crippen LogP) is 2.49. The summed E-state index contributed by atoms with van der Waals surface area (Å²) in [4.78, 5) is 10.7. The third kappa shape index (κ3) is 4.40. The molecule has 0 saturated carbocycles. The number of aryl methyl sites for hydroxylation is 1. The molecule has 0 radical (unpaired) electrons. The SMILES string of the molecule is COC(=O)/C=C\CCc1ccc(F)cc1. The molecule has 1 rings (SSSR count). The molecule has 0 unspecified atom stereocenters. The van der Waals surface area contributed by atoms with Crippen LogP contribution >= 0.6 is 0 Å². The molecule has 0 saturated heterocycles. The van der Waals surface area contributed by atoms with Gasteiger partial charge < -0.3 is 4.74 Å². The van der Waals surface area contributed by atoms with Gasteiger partial charge in [-0.15, -0.1) is 0 Å². The molecule has 0 heterocycles. The van der Waals surface area contributed by atoms with E-state index in [1.807, 2.05) is 0 Å². The molecule has 3 heteroatoms. The maximum absolute atomic E-state index is 12.6. The molecule has 0 aromatic heterocycles. The van der Waals surface area contributed by atoms with Crippen molar-refractivity contribution in [3.8, 4) is 0 Å². The summed E-state index contributed by atoms with van der Waals surface area (Å²) in [6.07, 6.45) is 4.66. The Bertz CT molecular complexity index is 341. The minimum Gasteiger partial charge on any atom is -0.466 e. The molecule has 0 bridgehead atoms. The molecule has 80 valence electrons. The Morgan fingerprint density at radius 1 is 1.40 bits per heavy atom. The average Bonchev–Trinajstić information content (AvgIpc) is 2.26. The smallest absolute Gasteiger partial charge is 0.330 e. The lowest BCUT2D eigenvalue weighted by Crippen LogP contribution is -1.93. The quantitative estimate of drug-likeness (QED) is 0.561. The van der Waals surface area contributed by atoms with Gasteiger partial charge >= 0.3 is 5.97 Å². The highest BCUT2D eigenvalue weighted by Gasteiger charge is 1.93. The summed E-state index contributed by atoms with van der Waals surface area (Å²) >= 11 is 0. The monoisotopic (exact) mass is 208 g/mol. The van der Waals surface area contributed by atoms with E-state index < -0.39 is 0 Å². The number of allylic oxidation sites excluding steroid dienone is 1. The van der Waals surface area contributed by atoms with Crippen molar-refractivity contribution in [2.45, 2.75) is 12.8 Å². The van der Waals surface area contributed by atoms with E-state index in [0.717, 1.165) is 18.4 Å². The zero-order chi connectivity index (χ0) is 11.1. The first-order valence-electron chi connectivity index (χ1n) is 4.71. The van der Waals surface area contributed by atoms with Gasteiger partial charge in [0.1, 0.15) is 5.82 Å². The number of esters is 1. The van der Waals surface area contributed by atoms with E-state index in [9.17, 15) is 9.18 Å². The number of rotatable bonds is 4. The lowest BCUT2D eigenvalue weighted by molar-refractivity contribution is -0.134. The molecule has 1 aromatic carbocycles. The molecule has 0 aliphatic rings. The third-order valence-electron chi connectivity index (χ3n) is 1.97. The highest BCUT2D eigenvalue weighted by Crippen LogP contribution is 2.05. The van der Waals surface area contributed by atoms with Gasteiger partial charge in [-0.05, 0) is 30.5 Å². The van der Waals surface area contributed by atoms with Gasteiger partial charge in [-0.1, -0.05) is 18.2 Å². The van der Waals surface area contributed by atoms with Gasteiger partial charge in [-0.25, -0.2) is 9.18 Å². The standard InChI is InChI=1S/C12H13FO2/c1-15-12(14)5-3-2-4-10-6-8-11(13)9-7-10/h3,5-9H,2,4H2,1H3/b5-3-. The van der Waals surface area contributed by atoms with Crippen molar-refractivity contribution >= 4 is 5.97 Å². The fraction of sp³-hybridized carbons (Fsp3) is 0.250. The summed E-state index contributed by atoms with van der Waals surface area (Å²) in [5.41, 5.74) is 1.05. The van der Waals surface area contributed by atoms with Crippen LogP contribution in [0, 0.1) is 5.82 Å². The zero-order valence-corrected chi connectivity index (χ0v) is 8.57. The van der Waals surface area contributed by atoms with E-state index in [1.165, 1.54) is 25.3 Å². The molecule has 0 N–H and O–H groups in total. The summed E-state index contributed by atoms with van der Waals surface area (Å²) in [5, 5.41) is 0. The van der Waals surface area contributed by atoms with Gasteiger partial charge in [-0.2, -0.15) is 0 Å². The number of carbonyl (C=O) groups is 1. The molecule has 0 aliphatic carbocycles. The van der Waals surface area contributed by atoms with Gasteiger partial charge in [0, 0.05) is 6.08 Å². The zero-order valence-electron chi connectivity index (χ0n) is 8.57. The van der Waals surface area contributed by atoms with Crippen LogP contribution in [0.5, 0.6) is 0 Å². The second kappa shape index (κ2) is 5.96. The summed E-state index contributed by atoms with van der Waals surface area (Å²) in [5.74, 6) is -0.585. The number of benzene rings is 1. The Labute approximate surface area is 88.4 Å². The van der Waals surface area contributed by atoms with Crippen LogP contribution < -0.4 is 0 Å². The molecule has 0 fully saturated rings. The molecule has 0 amide bonds. The van der Waals surface area contributed by atoms with Crippen LogP contribution in [-0.4, -0.2) is 13.1 Å². The number of methoxy groups -OCH3 is 1. The Kier molecular flexibility index (Phi) is 4.54. The van der Waals surface area contributed by atoms with Crippen LogP contribution in [-0.2, 0) is 16.0 Å². The highest BCUT2D eigenvalue weighted by atomic mass is 19.1. The number of halogens is 1. The van der Waals surface area contributed by atoms with Gasteiger partial charge in [-0.3, -0.25) is 0 Å². The number of carbonyl (C=O) groups excluding carboxylic acids is 1. The van der Waals surface area contributed by atoms with E-state index in [4.69, 9.17) is 0 Å². The maximum atomic E-state index is 12.6. The first-order chi connectivity index (χ1) is 7.22. The first-order valence-corrected chi connectivity index (χ1v) is 4.71. The van der Waals surface area contributed by atoms with E-state index in [-0.39, 0.29) is 11.8 Å². The van der Waals surface area contributed by atoms with Crippen LogP contribution in [0.1, 0.15) is 12.0 Å². The molecular weight excluding hydrogens is 195 g/mol. The van der Waals surface area contributed by atoms with Crippen LogP contribution in [0.25, 0.3) is 0 Å². The van der Waals surface area contributed by atoms with Crippen molar-refractivity contribution < 1.29 is 13.9 Å². The second-order valence-electron chi connectivity index (χ2n) is 3.09. The Morgan fingerprint density at radius 2 is 2.07 bits per heavy atom. The van der Waals surface area contributed by atoms with E-state index in [0.29, 0.717) is 0 Å². The summed E-state index contributed by atoms with van der Waals surface area (Å²) in [6, 6.07) is 6.33. The summed E-state index contributed by atoms with van der Waals surface area (Å²) in [6.45, 7) is 0. The lowest BCUT2D eigenvalue weighted by atomic mass is 10.1. The van der Waals surface area contributed by atoms with Gasteiger partial charge in [0.2, 0.25) is 0 Å². The molecule has 1 aromatic rings. The summed E-state index contributed by atoms with van der Waals surface area (Å²) in [7, 11) is 1.34. The second-order valence-corrected chi connectivity index (χ2v) is 3.09. The highest BCUT2D eigenvalue weighted by molar-refractivity contribution is 5.81. The van der Waals surface area contributed by atoms with Crippen molar-refractivity contribution in [2.24, 2.45) is 0 Å². The minimum absolute atomic E-state index is 0.233. The predicted molar refractivity (Wildman–Crippen MR) is 55.9 cm³/mol. The third-order valence-corrected chi connectivity index (χ3v) is 1.97. The molecule has 0 aliphatic heterocycles. The topological polar surface area (TPSA) is 26.3 Å². The van der Waals surface area contributed by atoms with Crippen LogP contribution in [0.4, 0.5) is 4.39 Å². The van der Waals surface area contributed by atoms with Gasteiger partial charge in [0.15, 0.2) is 0 Å². The van der Waals surface area contributed by atoms with E-state index >= 15 is 0 Å².